The monoisotopic (exact) mass is 463 g/mol. The first-order valence-corrected chi connectivity index (χ1v) is 11.9. The number of rotatable bonds is 7. The van der Waals surface area contributed by atoms with Gasteiger partial charge in [0.05, 0.1) is 0 Å². The highest BCUT2D eigenvalue weighted by Gasteiger charge is 2.38. The van der Waals surface area contributed by atoms with Crippen molar-refractivity contribution in [3.05, 3.63) is 65.4 Å². The summed E-state index contributed by atoms with van der Waals surface area (Å²) in [6.45, 7) is 13.8. The van der Waals surface area contributed by atoms with E-state index < -0.39 is 17.7 Å². The Hall–Kier alpha value is -3.28. The second-order valence-electron chi connectivity index (χ2n) is 10.5. The lowest BCUT2D eigenvalue weighted by atomic mass is 9.92. The number of para-hydroxylation sites is 2. The van der Waals surface area contributed by atoms with Crippen molar-refractivity contribution in [3.8, 4) is 0 Å². The summed E-state index contributed by atoms with van der Waals surface area (Å²) in [5, 5.41) is 14.3. The first-order valence-electron chi connectivity index (χ1n) is 11.9. The van der Waals surface area contributed by atoms with Gasteiger partial charge in [-0.25, -0.2) is 4.79 Å². The first kappa shape index (κ1) is 25.3. The second-order valence-corrected chi connectivity index (χ2v) is 10.5. The molecule has 1 aromatic heterocycles. The number of hydrogen-bond donors (Lipinski definition) is 3. The topological polar surface area (TPSA) is 85.4 Å². The molecule has 182 valence electrons. The van der Waals surface area contributed by atoms with E-state index in [1.54, 1.807) is 0 Å². The van der Waals surface area contributed by atoms with Crippen molar-refractivity contribution in [1.82, 2.24) is 9.88 Å². The smallest absolute Gasteiger partial charge is 0.408 e. The van der Waals surface area contributed by atoms with Crippen LogP contribution < -0.4 is 5.32 Å². The molecule has 3 aromatic rings. The third-order valence-corrected chi connectivity index (χ3v) is 6.25. The highest BCUT2D eigenvalue weighted by molar-refractivity contribution is 5.98. The number of nitrogens with zero attached hydrogens (tertiary/aromatic N) is 1. The normalized spacial score (nSPS) is 12.9. The van der Waals surface area contributed by atoms with E-state index in [2.05, 4.69) is 38.0 Å². The molecule has 2 aromatic carbocycles. The van der Waals surface area contributed by atoms with E-state index in [4.69, 9.17) is 0 Å². The highest BCUT2D eigenvalue weighted by Crippen LogP contribution is 2.33. The molecule has 3 N–H and O–H groups in total. The second kappa shape index (κ2) is 9.92. The molecule has 2 amide bonds. The zero-order valence-corrected chi connectivity index (χ0v) is 21.3. The van der Waals surface area contributed by atoms with Crippen LogP contribution in [-0.2, 0) is 11.2 Å². The van der Waals surface area contributed by atoms with Crippen LogP contribution in [0.25, 0.3) is 10.9 Å². The van der Waals surface area contributed by atoms with Gasteiger partial charge in [0.2, 0.25) is 5.91 Å². The quantitative estimate of drug-likeness (QED) is 0.362. The molecule has 6 heteroatoms. The Morgan fingerprint density at radius 2 is 1.56 bits per heavy atom. The number of fused-ring (bicyclic) bond motifs is 1. The third-order valence-electron chi connectivity index (χ3n) is 6.25. The van der Waals surface area contributed by atoms with Crippen molar-refractivity contribution >= 4 is 28.6 Å². The van der Waals surface area contributed by atoms with Gasteiger partial charge in [-0.1, -0.05) is 64.1 Å². The lowest BCUT2D eigenvalue weighted by Crippen LogP contribution is -2.56. The van der Waals surface area contributed by atoms with Gasteiger partial charge in [-0.2, -0.15) is 0 Å². The van der Waals surface area contributed by atoms with Gasteiger partial charge in [-0.15, -0.1) is 0 Å². The van der Waals surface area contributed by atoms with E-state index >= 15 is 0 Å². The average Bonchev–Trinajstić information content (AvgIpc) is 3.14. The highest BCUT2D eigenvalue weighted by atomic mass is 16.4. The number of carboxylic acid groups (broad SMARTS) is 1. The SMILES string of the molecule is CC(C)c1cccc(C(C)C)c1NC(=O)[C@H](Cc1c[nH]c2ccccc12)N(C(=O)O)C(C)(C)C. The molecule has 34 heavy (non-hydrogen) atoms. The van der Waals surface area contributed by atoms with Crippen LogP contribution in [0.3, 0.4) is 0 Å². The van der Waals surface area contributed by atoms with Crippen LogP contribution in [0.15, 0.2) is 48.7 Å². The predicted octanol–water partition coefficient (Wildman–Crippen LogP) is 6.74. The number of carbonyl (C=O) groups excluding carboxylic acids is 1. The Labute approximate surface area is 202 Å². The molecule has 0 bridgehead atoms. The van der Waals surface area contributed by atoms with Crippen LogP contribution in [0.4, 0.5) is 10.5 Å². The summed E-state index contributed by atoms with van der Waals surface area (Å²) < 4.78 is 0. The van der Waals surface area contributed by atoms with Crippen LogP contribution in [0, 0.1) is 0 Å². The number of nitrogens with one attached hydrogen (secondary N) is 2. The number of carbonyl (C=O) groups is 2. The van der Waals surface area contributed by atoms with Crippen molar-refractivity contribution in [2.24, 2.45) is 0 Å². The molecule has 0 aliphatic rings. The Morgan fingerprint density at radius 1 is 0.971 bits per heavy atom. The molecule has 0 aliphatic heterocycles. The number of anilines is 1. The summed E-state index contributed by atoms with van der Waals surface area (Å²) in [5.41, 5.74) is 3.99. The Balaban J connectivity index is 2.08. The van der Waals surface area contributed by atoms with Crippen molar-refractivity contribution in [2.45, 2.75) is 78.3 Å². The van der Waals surface area contributed by atoms with Gasteiger partial charge < -0.3 is 15.4 Å². The lowest BCUT2D eigenvalue weighted by molar-refractivity contribution is -0.122. The Kier molecular flexibility index (Phi) is 7.39. The molecule has 6 nitrogen and oxygen atoms in total. The zero-order chi connectivity index (χ0) is 25.2. The summed E-state index contributed by atoms with van der Waals surface area (Å²) in [6, 6.07) is 13.0. The van der Waals surface area contributed by atoms with E-state index in [9.17, 15) is 14.7 Å². The molecule has 1 atom stereocenters. The van der Waals surface area contributed by atoms with Crippen molar-refractivity contribution < 1.29 is 14.7 Å². The number of amides is 2. The molecular weight excluding hydrogens is 426 g/mol. The summed E-state index contributed by atoms with van der Waals surface area (Å²) in [5.74, 6) is 0.0936. The van der Waals surface area contributed by atoms with Crippen LogP contribution in [0.1, 0.15) is 77.0 Å². The largest absolute Gasteiger partial charge is 0.465 e. The van der Waals surface area contributed by atoms with Crippen LogP contribution >= 0.6 is 0 Å². The summed E-state index contributed by atoms with van der Waals surface area (Å²) in [6.07, 6.45) is 1.02. The van der Waals surface area contributed by atoms with E-state index in [1.807, 2.05) is 69.4 Å². The van der Waals surface area contributed by atoms with E-state index in [1.165, 1.54) is 4.90 Å². The average molecular weight is 464 g/mol. The molecule has 0 fully saturated rings. The minimum Gasteiger partial charge on any atom is -0.465 e. The number of benzene rings is 2. The molecule has 0 saturated heterocycles. The maximum Gasteiger partial charge on any atom is 0.408 e. The number of hydrogen-bond acceptors (Lipinski definition) is 2. The van der Waals surface area contributed by atoms with Crippen molar-refractivity contribution in [1.29, 1.82) is 0 Å². The van der Waals surface area contributed by atoms with Gasteiger partial charge in [0.15, 0.2) is 0 Å². The molecule has 0 saturated carbocycles. The first-order chi connectivity index (χ1) is 15.9. The summed E-state index contributed by atoms with van der Waals surface area (Å²) in [4.78, 5) is 30.8. The fraction of sp³-hybridized carbons (Fsp3) is 0.429. The van der Waals surface area contributed by atoms with Crippen molar-refractivity contribution in [2.75, 3.05) is 5.32 Å². The Bertz CT molecular complexity index is 1140. The number of aromatic nitrogens is 1. The third kappa shape index (κ3) is 5.27. The van der Waals surface area contributed by atoms with Gasteiger partial charge in [-0.3, -0.25) is 9.69 Å². The van der Waals surface area contributed by atoms with Crippen molar-refractivity contribution in [3.63, 3.8) is 0 Å². The van der Waals surface area contributed by atoms with Gasteiger partial charge >= 0.3 is 6.09 Å². The lowest BCUT2D eigenvalue weighted by Gasteiger charge is -2.39. The predicted molar refractivity (Wildman–Crippen MR) is 139 cm³/mol. The molecular formula is C28H37N3O3. The minimum atomic E-state index is -1.12. The summed E-state index contributed by atoms with van der Waals surface area (Å²) in [7, 11) is 0. The van der Waals surface area contributed by atoms with E-state index in [-0.39, 0.29) is 24.2 Å². The Morgan fingerprint density at radius 3 is 2.09 bits per heavy atom. The van der Waals surface area contributed by atoms with Gasteiger partial charge in [0, 0.05) is 34.7 Å². The molecule has 0 radical (unpaired) electrons. The van der Waals surface area contributed by atoms with Gasteiger partial charge in [0.1, 0.15) is 6.04 Å². The molecule has 0 aliphatic carbocycles. The van der Waals surface area contributed by atoms with E-state index in [0.29, 0.717) is 0 Å². The van der Waals surface area contributed by atoms with Crippen LogP contribution in [0.5, 0.6) is 0 Å². The van der Waals surface area contributed by atoms with Gasteiger partial charge in [-0.05, 0) is 55.4 Å². The maximum atomic E-state index is 13.9. The fourth-order valence-electron chi connectivity index (χ4n) is 4.60. The molecule has 0 unspecified atom stereocenters. The molecule has 1 heterocycles. The number of H-pyrrole nitrogens is 1. The fourth-order valence-corrected chi connectivity index (χ4v) is 4.60. The van der Waals surface area contributed by atoms with E-state index in [0.717, 1.165) is 33.3 Å². The van der Waals surface area contributed by atoms with Gasteiger partial charge in [0.25, 0.3) is 0 Å². The van der Waals surface area contributed by atoms with Crippen LogP contribution in [-0.4, -0.2) is 38.6 Å². The molecule has 0 spiro atoms. The standard InChI is InChI=1S/C28H37N3O3/c1-17(2)20-12-10-13-21(18(3)4)25(20)30-26(32)24(31(27(33)34)28(5,6)7)15-19-16-29-23-14-9-8-11-22(19)23/h8-14,16-18,24,29H,15H2,1-7H3,(H,30,32)(H,33,34)/t24-/m0/s1. The maximum absolute atomic E-state index is 13.9. The van der Waals surface area contributed by atoms with Crippen LogP contribution in [0.2, 0.25) is 0 Å². The minimum absolute atomic E-state index is 0.208. The molecule has 3 rings (SSSR count). The number of aromatic amines is 1. The zero-order valence-electron chi connectivity index (χ0n) is 21.3. The summed E-state index contributed by atoms with van der Waals surface area (Å²) >= 11 is 0.